The van der Waals surface area contributed by atoms with Gasteiger partial charge in [0, 0.05) is 0 Å². The molecule has 0 aromatic heterocycles. The van der Waals surface area contributed by atoms with Crippen LogP contribution in [0.15, 0.2) is 0 Å². The summed E-state index contributed by atoms with van der Waals surface area (Å²) < 4.78 is 15.6. The molecule has 0 amide bonds. The highest BCUT2D eigenvalue weighted by atomic mass is 16.7. The summed E-state index contributed by atoms with van der Waals surface area (Å²) in [6.07, 6.45) is -12.4. The maximum atomic E-state index is 10.7. The molecule has 0 spiro atoms. The number of aldehydes is 1. The predicted octanol–water partition coefficient (Wildman–Crippen LogP) is -4.51. The standard InChI is InChI=1S/C12H20O10/c13-1-4(15)7(17)10(5(16)2-14)22-12-9(19)11-8(18)6(21-12)3-20-11/h2,4-13,15-19H,1,3H2/t4-,5+,6-,7+,8?,9+,10-,11-,12+/m1/s1. The van der Waals surface area contributed by atoms with Crippen molar-refractivity contribution in [2.45, 2.75) is 55.1 Å². The number of ether oxygens (including phenoxy) is 3. The van der Waals surface area contributed by atoms with E-state index in [-0.39, 0.29) is 12.9 Å². The summed E-state index contributed by atoms with van der Waals surface area (Å²) in [7, 11) is 0. The first kappa shape index (κ1) is 17.7. The van der Waals surface area contributed by atoms with Crippen LogP contribution in [-0.2, 0) is 19.0 Å². The summed E-state index contributed by atoms with van der Waals surface area (Å²) in [4.78, 5) is 10.7. The fourth-order valence-corrected chi connectivity index (χ4v) is 2.48. The second kappa shape index (κ2) is 7.25. The molecule has 22 heavy (non-hydrogen) atoms. The van der Waals surface area contributed by atoms with E-state index in [9.17, 15) is 30.3 Å². The SMILES string of the molecule is O=C[C@H](O)[C@@H](O[C@@H]1O[C@@H]2CO[C@H](C2O)[C@@H]1O)[C@@H](O)[C@H](O)CO. The lowest BCUT2D eigenvalue weighted by Crippen LogP contribution is -2.58. The second-order valence-corrected chi connectivity index (χ2v) is 5.29. The molecule has 0 radical (unpaired) electrons. The van der Waals surface area contributed by atoms with Gasteiger partial charge in [0.2, 0.25) is 0 Å². The van der Waals surface area contributed by atoms with Crippen LogP contribution in [0.1, 0.15) is 0 Å². The molecule has 2 saturated heterocycles. The lowest BCUT2D eigenvalue weighted by molar-refractivity contribution is -0.295. The zero-order valence-electron chi connectivity index (χ0n) is 11.5. The second-order valence-electron chi connectivity index (χ2n) is 5.29. The molecule has 1 unspecified atom stereocenters. The number of carbonyl (C=O) groups is 1. The van der Waals surface area contributed by atoms with Crippen LogP contribution in [0, 0.1) is 0 Å². The minimum Gasteiger partial charge on any atom is -0.394 e. The first-order valence-electron chi connectivity index (χ1n) is 6.79. The summed E-state index contributed by atoms with van der Waals surface area (Å²) in [5.74, 6) is 0. The van der Waals surface area contributed by atoms with Crippen molar-refractivity contribution in [2.24, 2.45) is 0 Å². The van der Waals surface area contributed by atoms with Crippen LogP contribution in [0.4, 0.5) is 0 Å². The predicted molar refractivity (Wildman–Crippen MR) is 66.5 cm³/mol. The third-order valence-electron chi connectivity index (χ3n) is 3.78. The Morgan fingerprint density at radius 2 is 1.91 bits per heavy atom. The Balaban J connectivity index is 2.08. The molecule has 0 aromatic rings. The van der Waals surface area contributed by atoms with E-state index >= 15 is 0 Å². The number of aliphatic hydroxyl groups is 6. The molecule has 2 bridgehead atoms. The van der Waals surface area contributed by atoms with Gasteiger partial charge in [0.15, 0.2) is 12.6 Å². The van der Waals surface area contributed by atoms with Gasteiger partial charge in [-0.3, -0.25) is 0 Å². The lowest BCUT2D eigenvalue weighted by atomic mass is 10.0. The zero-order chi connectivity index (χ0) is 16.4. The van der Waals surface area contributed by atoms with E-state index in [4.69, 9.17) is 19.3 Å². The van der Waals surface area contributed by atoms with E-state index in [1.54, 1.807) is 0 Å². The average Bonchev–Trinajstić information content (AvgIpc) is 2.79. The molecule has 128 valence electrons. The first-order valence-corrected chi connectivity index (χ1v) is 6.79. The van der Waals surface area contributed by atoms with Gasteiger partial charge in [-0.15, -0.1) is 0 Å². The van der Waals surface area contributed by atoms with E-state index in [2.05, 4.69) is 0 Å². The van der Waals surface area contributed by atoms with Crippen molar-refractivity contribution in [1.29, 1.82) is 0 Å². The maximum Gasteiger partial charge on any atom is 0.187 e. The number of carbonyl (C=O) groups excluding carboxylic acids is 1. The highest BCUT2D eigenvalue weighted by Gasteiger charge is 2.52. The van der Waals surface area contributed by atoms with Crippen molar-refractivity contribution in [3.63, 3.8) is 0 Å². The molecule has 6 N–H and O–H groups in total. The van der Waals surface area contributed by atoms with Gasteiger partial charge in [-0.2, -0.15) is 0 Å². The van der Waals surface area contributed by atoms with Gasteiger partial charge < -0.3 is 49.6 Å². The van der Waals surface area contributed by atoms with Gasteiger partial charge in [-0.05, 0) is 0 Å². The van der Waals surface area contributed by atoms with E-state index in [1.807, 2.05) is 0 Å². The molecule has 0 saturated carbocycles. The molecule has 9 atom stereocenters. The maximum absolute atomic E-state index is 10.7. The van der Waals surface area contributed by atoms with Crippen LogP contribution in [0.2, 0.25) is 0 Å². The Bertz CT molecular complexity index is 379. The summed E-state index contributed by atoms with van der Waals surface area (Å²) in [6, 6.07) is 0. The third-order valence-corrected chi connectivity index (χ3v) is 3.78. The normalized spacial score (nSPS) is 40.0. The lowest BCUT2D eigenvalue weighted by Gasteiger charge is -2.38. The molecular formula is C12H20O10. The largest absolute Gasteiger partial charge is 0.394 e. The van der Waals surface area contributed by atoms with Crippen molar-refractivity contribution in [2.75, 3.05) is 13.2 Å². The van der Waals surface area contributed by atoms with E-state index in [0.29, 0.717) is 0 Å². The summed E-state index contributed by atoms with van der Waals surface area (Å²) >= 11 is 0. The summed E-state index contributed by atoms with van der Waals surface area (Å²) in [5.41, 5.74) is 0. The molecule has 2 rings (SSSR count). The van der Waals surface area contributed by atoms with E-state index in [1.165, 1.54) is 0 Å². The van der Waals surface area contributed by atoms with Gasteiger partial charge in [0.25, 0.3) is 0 Å². The van der Waals surface area contributed by atoms with Gasteiger partial charge in [-0.25, -0.2) is 0 Å². The van der Waals surface area contributed by atoms with Crippen LogP contribution in [0.5, 0.6) is 0 Å². The summed E-state index contributed by atoms with van der Waals surface area (Å²) in [6.45, 7) is -0.792. The fourth-order valence-electron chi connectivity index (χ4n) is 2.48. The molecule has 0 aliphatic carbocycles. The topological polar surface area (TPSA) is 166 Å². The molecule has 2 aliphatic rings. The number of hydrogen-bond donors (Lipinski definition) is 6. The van der Waals surface area contributed by atoms with Crippen LogP contribution in [0.3, 0.4) is 0 Å². The molecule has 0 aromatic carbocycles. The average molecular weight is 324 g/mol. The number of rotatable bonds is 7. The highest BCUT2D eigenvalue weighted by molar-refractivity contribution is 5.56. The van der Waals surface area contributed by atoms with Crippen LogP contribution >= 0.6 is 0 Å². The molecule has 10 heteroatoms. The minimum absolute atomic E-state index is 0.0332. The molecule has 2 aliphatic heterocycles. The van der Waals surface area contributed by atoms with Crippen molar-refractivity contribution in [3.8, 4) is 0 Å². The van der Waals surface area contributed by atoms with Gasteiger partial charge in [0.1, 0.15) is 48.8 Å². The molecule has 2 fully saturated rings. The quantitative estimate of drug-likeness (QED) is 0.251. The number of aliphatic hydroxyl groups excluding tert-OH is 6. The minimum atomic E-state index is -1.82. The van der Waals surface area contributed by atoms with Gasteiger partial charge in [-0.1, -0.05) is 0 Å². The van der Waals surface area contributed by atoms with E-state index < -0.39 is 61.7 Å². The van der Waals surface area contributed by atoms with Crippen molar-refractivity contribution in [1.82, 2.24) is 0 Å². The van der Waals surface area contributed by atoms with Crippen molar-refractivity contribution < 1.29 is 49.6 Å². The Morgan fingerprint density at radius 1 is 1.23 bits per heavy atom. The van der Waals surface area contributed by atoms with Crippen LogP contribution < -0.4 is 0 Å². The Kier molecular flexibility index (Phi) is 5.82. The smallest absolute Gasteiger partial charge is 0.187 e. The monoisotopic (exact) mass is 324 g/mol. The molecular weight excluding hydrogens is 304 g/mol. The van der Waals surface area contributed by atoms with Crippen molar-refractivity contribution >= 4 is 6.29 Å². The van der Waals surface area contributed by atoms with Crippen LogP contribution in [-0.4, -0.2) is 105 Å². The molecule has 2 heterocycles. The zero-order valence-corrected chi connectivity index (χ0v) is 11.5. The summed E-state index contributed by atoms with van der Waals surface area (Å²) in [5, 5.41) is 57.4. The Morgan fingerprint density at radius 3 is 2.50 bits per heavy atom. The van der Waals surface area contributed by atoms with E-state index in [0.717, 1.165) is 0 Å². The Labute approximate surface area is 125 Å². The molecule has 10 nitrogen and oxygen atoms in total. The number of fused-ring (bicyclic) bond motifs is 2. The highest BCUT2D eigenvalue weighted by Crippen LogP contribution is 2.31. The van der Waals surface area contributed by atoms with Crippen LogP contribution in [0.25, 0.3) is 0 Å². The Hall–Kier alpha value is -0.690. The van der Waals surface area contributed by atoms with Gasteiger partial charge in [0.05, 0.1) is 13.2 Å². The van der Waals surface area contributed by atoms with Crippen molar-refractivity contribution in [3.05, 3.63) is 0 Å². The first-order chi connectivity index (χ1) is 10.4. The fraction of sp³-hybridized carbons (Fsp3) is 0.917. The van der Waals surface area contributed by atoms with Gasteiger partial charge >= 0.3 is 0 Å². The number of hydrogen-bond acceptors (Lipinski definition) is 10. The third kappa shape index (κ3) is 3.30.